The van der Waals surface area contributed by atoms with Crippen molar-refractivity contribution in [1.82, 2.24) is 5.43 Å². The number of methoxy groups -OCH3 is 1. The van der Waals surface area contributed by atoms with Gasteiger partial charge in [0.25, 0.3) is 5.91 Å². The molecule has 6 heteroatoms. The lowest BCUT2D eigenvalue weighted by Crippen LogP contribution is -2.44. The van der Waals surface area contributed by atoms with Crippen molar-refractivity contribution < 1.29 is 19.0 Å². The van der Waals surface area contributed by atoms with Gasteiger partial charge in [0.05, 0.1) is 19.3 Å². The van der Waals surface area contributed by atoms with E-state index >= 15 is 0 Å². The van der Waals surface area contributed by atoms with Crippen molar-refractivity contribution >= 4 is 5.91 Å². The number of carbonyl (C=O) groups is 1. The number of nitrogens with two attached hydrogens (primary N) is 1. The first kappa shape index (κ1) is 11.4. The third-order valence-corrected chi connectivity index (χ3v) is 2.00. The predicted molar refractivity (Wildman–Crippen MR) is 48.3 cm³/mol. The molecule has 2 unspecified atom stereocenters. The fourth-order valence-electron chi connectivity index (χ4n) is 1.27. The molecular weight excluding hydrogens is 188 g/mol. The highest BCUT2D eigenvalue weighted by Gasteiger charge is 2.25. The van der Waals surface area contributed by atoms with Gasteiger partial charge in [0.1, 0.15) is 0 Å². The molecule has 0 aliphatic carbocycles. The molecule has 1 aliphatic rings. The van der Waals surface area contributed by atoms with Crippen molar-refractivity contribution in [1.29, 1.82) is 0 Å². The predicted octanol–water partition coefficient (Wildman–Crippen LogP) is -1.20. The van der Waals surface area contributed by atoms with Gasteiger partial charge in [0.2, 0.25) is 0 Å². The maximum Gasteiger partial charge on any atom is 0.265 e. The van der Waals surface area contributed by atoms with E-state index in [4.69, 9.17) is 20.1 Å². The van der Waals surface area contributed by atoms with Crippen molar-refractivity contribution in [3.05, 3.63) is 0 Å². The summed E-state index contributed by atoms with van der Waals surface area (Å²) in [4.78, 5) is 11.2. The van der Waals surface area contributed by atoms with E-state index < -0.39 is 6.10 Å². The van der Waals surface area contributed by atoms with Crippen LogP contribution < -0.4 is 11.3 Å². The average Bonchev–Trinajstić information content (AvgIpc) is 2.68. The summed E-state index contributed by atoms with van der Waals surface area (Å²) in [5, 5.41) is 0. The fraction of sp³-hybridized carbons (Fsp3) is 0.875. The zero-order valence-corrected chi connectivity index (χ0v) is 8.19. The van der Waals surface area contributed by atoms with Crippen LogP contribution in [0, 0.1) is 0 Å². The molecule has 0 aromatic carbocycles. The van der Waals surface area contributed by atoms with Gasteiger partial charge in [0.15, 0.2) is 6.10 Å². The molecule has 0 spiro atoms. The summed E-state index contributed by atoms with van der Waals surface area (Å²) in [6, 6.07) is 0. The maximum atomic E-state index is 11.2. The van der Waals surface area contributed by atoms with Crippen molar-refractivity contribution in [2.75, 3.05) is 26.9 Å². The van der Waals surface area contributed by atoms with Crippen LogP contribution >= 0.6 is 0 Å². The van der Waals surface area contributed by atoms with E-state index in [0.29, 0.717) is 13.2 Å². The largest absolute Gasteiger partial charge is 0.381 e. The second-order valence-corrected chi connectivity index (χ2v) is 3.07. The van der Waals surface area contributed by atoms with Crippen LogP contribution in [0.5, 0.6) is 0 Å². The van der Waals surface area contributed by atoms with E-state index in [0.717, 1.165) is 6.42 Å². The van der Waals surface area contributed by atoms with Crippen LogP contribution in [-0.2, 0) is 19.0 Å². The molecule has 2 atom stereocenters. The first-order chi connectivity index (χ1) is 6.77. The molecule has 0 bridgehead atoms. The monoisotopic (exact) mass is 204 g/mol. The SMILES string of the molecule is COCC(OC1CCOC1)C(=O)NN. The maximum absolute atomic E-state index is 11.2. The molecule has 6 nitrogen and oxygen atoms in total. The summed E-state index contributed by atoms with van der Waals surface area (Å²) < 4.78 is 15.4. The van der Waals surface area contributed by atoms with Gasteiger partial charge in [-0.25, -0.2) is 5.84 Å². The Morgan fingerprint density at radius 2 is 2.57 bits per heavy atom. The lowest BCUT2D eigenvalue weighted by Gasteiger charge is -2.18. The molecule has 1 rings (SSSR count). The number of hydrazine groups is 1. The molecule has 1 aliphatic heterocycles. The molecule has 3 N–H and O–H groups in total. The Morgan fingerprint density at radius 3 is 3.07 bits per heavy atom. The quantitative estimate of drug-likeness (QED) is 0.334. The van der Waals surface area contributed by atoms with Crippen molar-refractivity contribution in [2.24, 2.45) is 5.84 Å². The van der Waals surface area contributed by atoms with Gasteiger partial charge in [-0.15, -0.1) is 0 Å². The third kappa shape index (κ3) is 3.22. The smallest absolute Gasteiger partial charge is 0.265 e. The van der Waals surface area contributed by atoms with Crippen LogP contribution in [0.4, 0.5) is 0 Å². The number of carbonyl (C=O) groups excluding carboxylic acids is 1. The summed E-state index contributed by atoms with van der Waals surface area (Å²) in [7, 11) is 1.51. The molecular formula is C8H16N2O4. The standard InChI is InChI=1S/C8H16N2O4/c1-12-5-7(8(11)10-9)14-6-2-3-13-4-6/h6-7H,2-5,9H2,1H3,(H,10,11). The van der Waals surface area contributed by atoms with Crippen LogP contribution in [0.1, 0.15) is 6.42 Å². The summed E-state index contributed by atoms with van der Waals surface area (Å²) >= 11 is 0. The number of rotatable bonds is 5. The Labute approximate surface area is 82.7 Å². The summed E-state index contributed by atoms with van der Waals surface area (Å²) in [5.74, 6) is 4.63. The molecule has 1 fully saturated rings. The van der Waals surface area contributed by atoms with E-state index in [1.807, 2.05) is 5.43 Å². The van der Waals surface area contributed by atoms with Gasteiger partial charge in [-0.2, -0.15) is 0 Å². The van der Waals surface area contributed by atoms with E-state index in [-0.39, 0.29) is 18.6 Å². The Kier molecular flexibility index (Phi) is 4.81. The van der Waals surface area contributed by atoms with Gasteiger partial charge < -0.3 is 14.2 Å². The molecule has 0 radical (unpaired) electrons. The van der Waals surface area contributed by atoms with E-state index in [1.54, 1.807) is 0 Å². The second kappa shape index (κ2) is 5.92. The Morgan fingerprint density at radius 1 is 1.79 bits per heavy atom. The Bertz CT molecular complexity index is 182. The van der Waals surface area contributed by atoms with Gasteiger partial charge in [-0.05, 0) is 6.42 Å². The van der Waals surface area contributed by atoms with Crippen molar-refractivity contribution in [2.45, 2.75) is 18.6 Å². The molecule has 1 amide bonds. The summed E-state index contributed by atoms with van der Waals surface area (Å²) in [6.45, 7) is 1.40. The lowest BCUT2D eigenvalue weighted by molar-refractivity contribution is -0.141. The van der Waals surface area contributed by atoms with Crippen LogP contribution in [0.25, 0.3) is 0 Å². The minimum absolute atomic E-state index is 0.0348. The fourth-order valence-corrected chi connectivity index (χ4v) is 1.27. The molecule has 1 heterocycles. The first-order valence-corrected chi connectivity index (χ1v) is 4.50. The first-order valence-electron chi connectivity index (χ1n) is 4.50. The van der Waals surface area contributed by atoms with Gasteiger partial charge in [-0.3, -0.25) is 10.2 Å². The molecule has 0 aromatic heterocycles. The molecule has 0 saturated carbocycles. The van der Waals surface area contributed by atoms with Gasteiger partial charge >= 0.3 is 0 Å². The summed E-state index contributed by atoms with van der Waals surface area (Å²) in [6.07, 6.45) is 0.113. The molecule has 0 aromatic rings. The minimum atomic E-state index is -0.656. The number of ether oxygens (including phenoxy) is 3. The summed E-state index contributed by atoms with van der Waals surface area (Å²) in [5.41, 5.74) is 2.04. The number of nitrogens with one attached hydrogen (secondary N) is 1. The average molecular weight is 204 g/mol. The Balaban J connectivity index is 2.37. The van der Waals surface area contributed by atoms with Crippen LogP contribution in [0.3, 0.4) is 0 Å². The molecule has 1 saturated heterocycles. The number of hydrogen-bond acceptors (Lipinski definition) is 5. The highest BCUT2D eigenvalue weighted by molar-refractivity contribution is 5.80. The number of hydrogen-bond donors (Lipinski definition) is 2. The normalized spacial score (nSPS) is 23.4. The zero-order valence-electron chi connectivity index (χ0n) is 8.19. The second-order valence-electron chi connectivity index (χ2n) is 3.07. The van der Waals surface area contributed by atoms with Crippen LogP contribution in [0.2, 0.25) is 0 Å². The van der Waals surface area contributed by atoms with E-state index in [2.05, 4.69) is 0 Å². The van der Waals surface area contributed by atoms with Crippen LogP contribution in [0.15, 0.2) is 0 Å². The minimum Gasteiger partial charge on any atom is -0.381 e. The lowest BCUT2D eigenvalue weighted by atomic mass is 10.3. The van der Waals surface area contributed by atoms with Crippen LogP contribution in [-0.4, -0.2) is 45.0 Å². The highest BCUT2D eigenvalue weighted by Crippen LogP contribution is 2.11. The van der Waals surface area contributed by atoms with Gasteiger partial charge in [-0.1, -0.05) is 0 Å². The Hall–Kier alpha value is -0.690. The zero-order chi connectivity index (χ0) is 10.4. The molecule has 14 heavy (non-hydrogen) atoms. The van der Waals surface area contributed by atoms with Crippen molar-refractivity contribution in [3.8, 4) is 0 Å². The molecule has 82 valence electrons. The third-order valence-electron chi connectivity index (χ3n) is 2.00. The van der Waals surface area contributed by atoms with Crippen molar-refractivity contribution in [3.63, 3.8) is 0 Å². The van der Waals surface area contributed by atoms with E-state index in [9.17, 15) is 4.79 Å². The number of amides is 1. The highest BCUT2D eigenvalue weighted by atomic mass is 16.6. The topological polar surface area (TPSA) is 82.8 Å². The van der Waals surface area contributed by atoms with Gasteiger partial charge in [0, 0.05) is 13.7 Å². The van der Waals surface area contributed by atoms with E-state index in [1.165, 1.54) is 7.11 Å².